The Hall–Kier alpha value is -2.78. The van der Waals surface area contributed by atoms with Gasteiger partial charge in [-0.15, -0.1) is 0 Å². The molecule has 1 aliphatic heterocycles. The van der Waals surface area contributed by atoms with Crippen LogP contribution < -0.4 is 5.69 Å². The monoisotopic (exact) mass is 416 g/mol. The Morgan fingerprint density at radius 3 is 2.28 bits per heavy atom. The van der Waals surface area contributed by atoms with Crippen molar-refractivity contribution < 1.29 is 12.8 Å². The minimum Gasteiger partial charge on any atom is -0.247 e. The lowest BCUT2D eigenvalue weighted by Crippen LogP contribution is -2.38. The summed E-state index contributed by atoms with van der Waals surface area (Å²) in [5, 5.41) is 4.41. The van der Waals surface area contributed by atoms with Crippen molar-refractivity contribution in [1.29, 1.82) is 0 Å². The van der Waals surface area contributed by atoms with Gasteiger partial charge >= 0.3 is 5.69 Å². The van der Waals surface area contributed by atoms with Crippen LogP contribution in [-0.4, -0.2) is 40.2 Å². The maximum absolute atomic E-state index is 14.0. The van der Waals surface area contributed by atoms with Gasteiger partial charge < -0.3 is 0 Å². The molecule has 4 rings (SSSR count). The number of hydrogen-bond acceptors (Lipinski definition) is 4. The first kappa shape index (κ1) is 19.5. The van der Waals surface area contributed by atoms with Crippen LogP contribution in [0.5, 0.6) is 0 Å². The van der Waals surface area contributed by atoms with Gasteiger partial charge in [-0.25, -0.2) is 26.9 Å². The number of sulfonamides is 1. The molecule has 2 heterocycles. The van der Waals surface area contributed by atoms with E-state index in [0.717, 1.165) is 11.8 Å². The van der Waals surface area contributed by atoms with Crippen LogP contribution in [0.25, 0.3) is 5.69 Å². The van der Waals surface area contributed by atoms with Gasteiger partial charge in [0.2, 0.25) is 10.0 Å². The van der Waals surface area contributed by atoms with Crippen molar-refractivity contribution in [3.8, 4) is 5.69 Å². The Morgan fingerprint density at radius 1 is 1.00 bits per heavy atom. The summed E-state index contributed by atoms with van der Waals surface area (Å²) >= 11 is 0. The zero-order valence-electron chi connectivity index (χ0n) is 15.9. The Morgan fingerprint density at radius 2 is 1.62 bits per heavy atom. The minimum absolute atomic E-state index is 0.0730. The highest BCUT2D eigenvalue weighted by atomic mass is 32.2. The molecule has 9 heteroatoms. The third-order valence-electron chi connectivity index (χ3n) is 5.24. The van der Waals surface area contributed by atoms with Gasteiger partial charge in [-0.1, -0.05) is 30.3 Å². The average Bonchev–Trinajstić information content (AvgIpc) is 3.03. The number of hydrogen-bond donors (Lipinski definition) is 0. The van der Waals surface area contributed by atoms with E-state index in [9.17, 15) is 17.6 Å². The summed E-state index contributed by atoms with van der Waals surface area (Å²) in [5.41, 5.74) is 0.481. The van der Waals surface area contributed by atoms with Gasteiger partial charge in [-0.3, -0.25) is 0 Å². The van der Waals surface area contributed by atoms with Crippen molar-refractivity contribution in [1.82, 2.24) is 18.7 Å². The fourth-order valence-electron chi connectivity index (χ4n) is 3.72. The quantitative estimate of drug-likeness (QED) is 0.654. The van der Waals surface area contributed by atoms with Crippen LogP contribution in [0.4, 0.5) is 4.39 Å². The van der Waals surface area contributed by atoms with Crippen molar-refractivity contribution in [2.75, 3.05) is 13.1 Å². The number of aryl methyl sites for hydroxylation is 1. The molecule has 0 atom stereocenters. The SMILES string of the molecule is Cn1nc(C2CCN(S(=O)(=O)c3ccccc3F)CC2)n(-c2ccccc2)c1=O. The van der Waals surface area contributed by atoms with Crippen molar-refractivity contribution in [3.63, 3.8) is 0 Å². The zero-order valence-corrected chi connectivity index (χ0v) is 16.7. The Balaban J connectivity index is 1.59. The molecule has 1 aromatic heterocycles. The number of para-hydroxylation sites is 1. The standard InChI is InChI=1S/C20H21FN4O3S/c1-23-20(26)25(16-7-3-2-4-8-16)19(22-23)15-11-13-24(14-12-15)29(27,28)18-10-6-5-9-17(18)21/h2-10,15H,11-14H2,1H3. The lowest BCUT2D eigenvalue weighted by molar-refractivity contribution is 0.310. The summed E-state index contributed by atoms with van der Waals surface area (Å²) in [6, 6.07) is 14.6. The predicted octanol–water partition coefficient (Wildman–Crippen LogP) is 2.28. The Kier molecular flexibility index (Phi) is 5.10. The van der Waals surface area contributed by atoms with Crippen molar-refractivity contribution >= 4 is 10.0 Å². The Labute approximate surface area is 168 Å². The molecular weight excluding hydrogens is 395 g/mol. The third kappa shape index (κ3) is 3.51. The summed E-state index contributed by atoms with van der Waals surface area (Å²) in [5.74, 6) is -0.208. The first-order chi connectivity index (χ1) is 13.9. The molecule has 152 valence electrons. The van der Waals surface area contributed by atoms with E-state index in [1.165, 1.54) is 27.2 Å². The molecule has 0 radical (unpaired) electrons. The van der Waals surface area contributed by atoms with Crippen LogP contribution in [0.1, 0.15) is 24.6 Å². The largest absolute Gasteiger partial charge is 0.350 e. The van der Waals surface area contributed by atoms with Crippen LogP contribution in [-0.2, 0) is 17.1 Å². The molecule has 0 aliphatic carbocycles. The number of nitrogens with zero attached hydrogens (tertiary/aromatic N) is 4. The second-order valence-corrected chi connectivity index (χ2v) is 8.95. The normalized spacial score (nSPS) is 16.2. The first-order valence-electron chi connectivity index (χ1n) is 9.35. The van der Waals surface area contributed by atoms with Crippen molar-refractivity contribution in [2.24, 2.45) is 7.05 Å². The number of aromatic nitrogens is 3. The van der Waals surface area contributed by atoms with Gasteiger partial charge in [0.05, 0.1) is 5.69 Å². The van der Waals surface area contributed by atoms with E-state index in [1.807, 2.05) is 30.3 Å². The maximum Gasteiger partial charge on any atom is 0.350 e. The topological polar surface area (TPSA) is 77.2 Å². The molecule has 29 heavy (non-hydrogen) atoms. The molecule has 1 fully saturated rings. The number of halogens is 1. The van der Waals surface area contributed by atoms with Crippen LogP contribution in [0.15, 0.2) is 64.3 Å². The van der Waals surface area contributed by atoms with E-state index in [-0.39, 0.29) is 29.6 Å². The van der Waals surface area contributed by atoms with Gasteiger partial charge in [0.15, 0.2) is 0 Å². The molecule has 0 saturated carbocycles. The molecule has 0 spiro atoms. The fraction of sp³-hybridized carbons (Fsp3) is 0.300. The maximum atomic E-state index is 14.0. The highest BCUT2D eigenvalue weighted by Crippen LogP contribution is 2.30. The summed E-state index contributed by atoms with van der Waals surface area (Å²) < 4.78 is 43.8. The molecule has 7 nitrogen and oxygen atoms in total. The highest BCUT2D eigenvalue weighted by Gasteiger charge is 2.33. The lowest BCUT2D eigenvalue weighted by Gasteiger charge is -2.30. The van der Waals surface area contributed by atoms with Crippen LogP contribution in [0, 0.1) is 5.82 Å². The lowest BCUT2D eigenvalue weighted by atomic mass is 9.97. The van der Waals surface area contributed by atoms with Gasteiger partial charge in [-0.2, -0.15) is 9.40 Å². The first-order valence-corrected chi connectivity index (χ1v) is 10.8. The van der Waals surface area contributed by atoms with E-state index in [2.05, 4.69) is 5.10 Å². The predicted molar refractivity (Wildman–Crippen MR) is 106 cm³/mol. The zero-order chi connectivity index (χ0) is 20.6. The second kappa shape index (κ2) is 7.57. The summed E-state index contributed by atoms with van der Waals surface area (Å²) in [6.07, 6.45) is 0.994. The molecule has 0 bridgehead atoms. The summed E-state index contributed by atoms with van der Waals surface area (Å²) in [4.78, 5) is 12.3. The van der Waals surface area contributed by atoms with Gasteiger partial charge in [0, 0.05) is 26.1 Å². The molecule has 0 unspecified atom stereocenters. The van der Waals surface area contributed by atoms with E-state index in [1.54, 1.807) is 11.6 Å². The molecule has 2 aromatic carbocycles. The Bertz CT molecular complexity index is 1180. The van der Waals surface area contributed by atoms with Crippen molar-refractivity contribution in [3.05, 3.63) is 76.7 Å². The number of rotatable bonds is 4. The molecule has 0 amide bonds. The second-order valence-electron chi connectivity index (χ2n) is 7.04. The van der Waals surface area contributed by atoms with Crippen LogP contribution in [0.2, 0.25) is 0 Å². The third-order valence-corrected chi connectivity index (χ3v) is 7.17. The average molecular weight is 416 g/mol. The van der Waals surface area contributed by atoms with E-state index >= 15 is 0 Å². The van der Waals surface area contributed by atoms with Gasteiger partial charge in [0.25, 0.3) is 0 Å². The van der Waals surface area contributed by atoms with E-state index in [0.29, 0.717) is 18.7 Å². The smallest absolute Gasteiger partial charge is 0.247 e. The van der Waals surface area contributed by atoms with E-state index in [4.69, 9.17) is 0 Å². The van der Waals surface area contributed by atoms with E-state index < -0.39 is 15.8 Å². The summed E-state index contributed by atoms with van der Waals surface area (Å²) in [6.45, 7) is 0.474. The number of benzene rings is 2. The minimum atomic E-state index is -3.90. The van der Waals surface area contributed by atoms with Crippen LogP contribution in [0.3, 0.4) is 0 Å². The molecule has 0 N–H and O–H groups in total. The molecule has 1 saturated heterocycles. The number of piperidine rings is 1. The molecular formula is C20H21FN4O3S. The van der Waals surface area contributed by atoms with Gasteiger partial charge in [-0.05, 0) is 37.1 Å². The van der Waals surface area contributed by atoms with Crippen LogP contribution >= 0.6 is 0 Å². The molecule has 3 aromatic rings. The summed E-state index contributed by atoms with van der Waals surface area (Å²) in [7, 11) is -2.30. The fourth-order valence-corrected chi connectivity index (χ4v) is 5.25. The van der Waals surface area contributed by atoms with Gasteiger partial charge in [0.1, 0.15) is 16.5 Å². The van der Waals surface area contributed by atoms with Crippen molar-refractivity contribution in [2.45, 2.75) is 23.7 Å². The molecule has 1 aliphatic rings. The highest BCUT2D eigenvalue weighted by molar-refractivity contribution is 7.89.